The van der Waals surface area contributed by atoms with Crippen molar-refractivity contribution in [3.63, 3.8) is 0 Å². The van der Waals surface area contributed by atoms with E-state index < -0.39 is 34.2 Å². The van der Waals surface area contributed by atoms with Crippen LogP contribution in [0.4, 0.5) is 5.69 Å². The van der Waals surface area contributed by atoms with E-state index in [9.17, 15) is 29.1 Å². The molecule has 6 aliphatic carbocycles. The zero-order valence-corrected chi connectivity index (χ0v) is 37.3. The summed E-state index contributed by atoms with van der Waals surface area (Å²) in [6.07, 6.45) is 7.34. The van der Waals surface area contributed by atoms with E-state index in [1.165, 1.54) is 0 Å². The minimum atomic E-state index is -1.21. The maximum atomic E-state index is 14.9. The van der Waals surface area contributed by atoms with Crippen LogP contribution in [0.25, 0.3) is 0 Å². The van der Waals surface area contributed by atoms with Crippen LogP contribution < -0.4 is 10.6 Å². The monoisotopic (exact) mass is 799 g/mol. The molecule has 6 aliphatic rings. The Morgan fingerprint density at radius 3 is 2.07 bits per heavy atom. The molecule has 0 heterocycles. The highest BCUT2D eigenvalue weighted by Gasteiger charge is 2.71. The molecule has 2 amide bonds. The number of aliphatic carboxylic acids is 1. The standard InChI is InChI=1S/C49H70N2O7/c1-27(2)37-33(52)26-49(42(57)51-45(8,9)41(56)50-29-15-13-28(3)14-16-29)24-23-47(11)30(38(37)49)17-18-35-46(10)21-20-36(44(6,7)34(46)19-22-48(35,47)12)58-40(55)32-25-31(39(53)54)43(32,4)5/h13-16,27,30-32,34-36H,17-26H2,1-12H3,(H,50,56)(H,51,57)(H,53,54)/t30-,31+,32-,34+,35-,36+,46+,47-,48-,49-/m1/s1. The van der Waals surface area contributed by atoms with Gasteiger partial charge in [-0.2, -0.15) is 0 Å². The van der Waals surface area contributed by atoms with Crippen LogP contribution in [-0.4, -0.2) is 46.3 Å². The summed E-state index contributed by atoms with van der Waals surface area (Å²) < 4.78 is 6.41. The highest BCUT2D eigenvalue weighted by atomic mass is 16.5. The lowest BCUT2D eigenvalue weighted by atomic mass is 9.33. The Morgan fingerprint density at radius 1 is 0.810 bits per heavy atom. The van der Waals surface area contributed by atoms with Crippen LogP contribution in [0.5, 0.6) is 0 Å². The van der Waals surface area contributed by atoms with Crippen molar-refractivity contribution >= 4 is 35.2 Å². The van der Waals surface area contributed by atoms with Crippen LogP contribution in [-0.2, 0) is 28.7 Å². The maximum absolute atomic E-state index is 14.9. The number of carbonyl (C=O) groups is 5. The molecule has 318 valence electrons. The van der Waals surface area contributed by atoms with E-state index in [2.05, 4.69) is 59.1 Å². The van der Waals surface area contributed by atoms with Crippen molar-refractivity contribution in [2.45, 2.75) is 159 Å². The van der Waals surface area contributed by atoms with Crippen molar-refractivity contribution in [1.29, 1.82) is 0 Å². The number of nitrogens with one attached hydrogen (secondary N) is 2. The summed E-state index contributed by atoms with van der Waals surface area (Å²) in [6, 6.07) is 7.60. The molecule has 5 fully saturated rings. The van der Waals surface area contributed by atoms with E-state index in [1.807, 2.05) is 45.0 Å². The highest BCUT2D eigenvalue weighted by Crippen LogP contribution is 2.77. The van der Waals surface area contributed by atoms with Crippen LogP contribution >= 0.6 is 0 Å². The summed E-state index contributed by atoms with van der Waals surface area (Å²) in [7, 11) is 0. The van der Waals surface area contributed by atoms with Crippen LogP contribution in [0, 0.1) is 74.9 Å². The van der Waals surface area contributed by atoms with Gasteiger partial charge in [0.1, 0.15) is 11.6 Å². The lowest BCUT2D eigenvalue weighted by Gasteiger charge is -2.72. The Balaban J connectivity index is 1.14. The number of esters is 1. The first-order valence-electron chi connectivity index (χ1n) is 22.2. The van der Waals surface area contributed by atoms with Gasteiger partial charge in [-0.05, 0) is 147 Å². The molecule has 9 nitrogen and oxygen atoms in total. The number of ketones is 1. The van der Waals surface area contributed by atoms with Gasteiger partial charge in [-0.15, -0.1) is 0 Å². The molecule has 0 radical (unpaired) electrons. The quantitative estimate of drug-likeness (QED) is 0.223. The highest BCUT2D eigenvalue weighted by molar-refractivity contribution is 6.08. The molecule has 0 spiro atoms. The van der Waals surface area contributed by atoms with Crippen molar-refractivity contribution < 1.29 is 33.8 Å². The fraction of sp³-hybridized carbons (Fsp3) is 0.735. The number of hydrogen-bond donors (Lipinski definition) is 3. The SMILES string of the molecule is Cc1ccc(NC(=O)C(C)(C)NC(=O)[C@@]23CC[C@]4(C)[C@H](CC[C@@H]5[C@@]6(C)CC[C@H](OC(=O)[C@H]7C[C@@H](C(=O)O)C7(C)C)C(C)(C)[C@@H]6CC[C@]54C)C2=C(C(C)C)C(=O)C3)cc1. The predicted octanol–water partition coefficient (Wildman–Crippen LogP) is 9.47. The van der Waals surface area contributed by atoms with Gasteiger partial charge in [0.15, 0.2) is 5.78 Å². The molecule has 9 heteroatoms. The second-order valence-electron chi connectivity index (χ2n) is 22.5. The third-order valence-electron chi connectivity index (χ3n) is 18.2. The Hall–Kier alpha value is -3.49. The van der Waals surface area contributed by atoms with Gasteiger partial charge >= 0.3 is 11.9 Å². The molecular formula is C49H70N2O7. The number of allylic oxidation sites excluding steroid dienone is 1. The van der Waals surface area contributed by atoms with Crippen molar-refractivity contribution in [3.05, 3.63) is 41.0 Å². The molecule has 7 rings (SSSR count). The van der Waals surface area contributed by atoms with Gasteiger partial charge in [-0.25, -0.2) is 0 Å². The summed E-state index contributed by atoms with van der Waals surface area (Å²) in [4.78, 5) is 68.2. The minimum Gasteiger partial charge on any atom is -0.481 e. The lowest BCUT2D eigenvalue weighted by Crippen LogP contribution is -2.66. The van der Waals surface area contributed by atoms with Crippen molar-refractivity contribution in [3.8, 4) is 0 Å². The fourth-order valence-corrected chi connectivity index (χ4v) is 14.4. The fourth-order valence-electron chi connectivity index (χ4n) is 14.4. The van der Waals surface area contributed by atoms with Crippen LogP contribution in [0.3, 0.4) is 0 Å². The van der Waals surface area contributed by atoms with Gasteiger partial charge in [-0.3, -0.25) is 24.0 Å². The number of ether oxygens (including phenoxy) is 1. The van der Waals surface area contributed by atoms with Crippen molar-refractivity contribution in [1.82, 2.24) is 5.32 Å². The van der Waals surface area contributed by atoms with E-state index in [1.54, 1.807) is 13.8 Å². The number of aryl methyl sites for hydroxylation is 1. The van der Waals surface area contributed by atoms with E-state index >= 15 is 0 Å². The first-order valence-corrected chi connectivity index (χ1v) is 22.2. The molecule has 58 heavy (non-hydrogen) atoms. The maximum Gasteiger partial charge on any atom is 0.309 e. The molecule has 10 atom stereocenters. The number of Topliss-reactive ketones (excluding diaryl/α,β-unsaturated/α-hetero) is 1. The number of benzene rings is 1. The molecule has 0 bridgehead atoms. The Bertz CT molecular complexity index is 1940. The number of rotatable bonds is 8. The topological polar surface area (TPSA) is 139 Å². The Labute approximate surface area is 346 Å². The summed E-state index contributed by atoms with van der Waals surface area (Å²) in [6.45, 7) is 25.4. The summed E-state index contributed by atoms with van der Waals surface area (Å²) in [5, 5.41) is 15.8. The van der Waals surface area contributed by atoms with Gasteiger partial charge in [0.25, 0.3) is 0 Å². The van der Waals surface area contributed by atoms with Crippen molar-refractivity contribution in [2.75, 3.05) is 5.32 Å². The normalized spacial score (nSPS) is 38.7. The van der Waals surface area contributed by atoms with Gasteiger partial charge in [0, 0.05) is 17.5 Å². The van der Waals surface area contributed by atoms with E-state index in [-0.39, 0.29) is 69.6 Å². The average molecular weight is 799 g/mol. The molecule has 3 N–H and O–H groups in total. The second kappa shape index (κ2) is 13.8. The molecule has 0 aromatic heterocycles. The number of fused-ring (bicyclic) bond motifs is 7. The number of amides is 2. The van der Waals surface area contributed by atoms with Gasteiger partial charge < -0.3 is 20.5 Å². The number of carbonyl (C=O) groups excluding carboxylic acids is 4. The number of anilines is 1. The minimum absolute atomic E-state index is 0.0129. The summed E-state index contributed by atoms with van der Waals surface area (Å²) in [5.74, 6) is -1.64. The van der Waals surface area contributed by atoms with E-state index in [0.717, 1.165) is 61.7 Å². The molecule has 5 saturated carbocycles. The number of carboxylic acid groups (broad SMARTS) is 1. The smallest absolute Gasteiger partial charge is 0.309 e. The van der Waals surface area contributed by atoms with Crippen LogP contribution in [0.1, 0.15) is 146 Å². The summed E-state index contributed by atoms with van der Waals surface area (Å²) >= 11 is 0. The summed E-state index contributed by atoms with van der Waals surface area (Å²) in [5.41, 5.74) is 0.405. The van der Waals surface area contributed by atoms with Crippen molar-refractivity contribution in [2.24, 2.45) is 68.0 Å². The third kappa shape index (κ3) is 6.07. The van der Waals surface area contributed by atoms with E-state index in [0.29, 0.717) is 30.4 Å². The lowest BCUT2D eigenvalue weighted by molar-refractivity contribution is -0.236. The predicted molar refractivity (Wildman–Crippen MR) is 224 cm³/mol. The third-order valence-corrected chi connectivity index (χ3v) is 18.2. The van der Waals surface area contributed by atoms with Gasteiger partial charge in [0.2, 0.25) is 11.8 Å². The zero-order valence-electron chi connectivity index (χ0n) is 37.3. The molecule has 0 saturated heterocycles. The molecule has 0 aliphatic heterocycles. The van der Waals surface area contributed by atoms with Crippen LogP contribution in [0.2, 0.25) is 0 Å². The molecule has 0 unspecified atom stereocenters. The molecular weight excluding hydrogens is 729 g/mol. The first-order chi connectivity index (χ1) is 26.8. The zero-order chi connectivity index (χ0) is 42.8. The molecule has 1 aromatic carbocycles. The largest absolute Gasteiger partial charge is 0.481 e. The van der Waals surface area contributed by atoms with Gasteiger partial charge in [-0.1, -0.05) is 80.0 Å². The van der Waals surface area contributed by atoms with Crippen LogP contribution in [0.15, 0.2) is 35.4 Å². The Morgan fingerprint density at radius 2 is 1.47 bits per heavy atom. The van der Waals surface area contributed by atoms with Gasteiger partial charge in [0.05, 0.1) is 17.3 Å². The van der Waals surface area contributed by atoms with E-state index in [4.69, 9.17) is 4.74 Å². The number of carboxylic acids is 1. The average Bonchev–Trinajstić information content (AvgIpc) is 3.43. The molecule has 1 aromatic rings. The Kier molecular flexibility index (Phi) is 10.1. The second-order valence-corrected chi connectivity index (χ2v) is 22.5. The number of hydrogen-bond acceptors (Lipinski definition) is 6. The first kappa shape index (κ1) is 42.6.